The highest BCUT2D eigenvalue weighted by Crippen LogP contribution is 2.03. The summed E-state index contributed by atoms with van der Waals surface area (Å²) in [6.45, 7) is 3.69. The predicted molar refractivity (Wildman–Crippen MR) is 38.6 cm³/mol. The Morgan fingerprint density at radius 2 is 1.80 bits per heavy atom. The first-order valence-electron chi connectivity index (χ1n) is 3.20. The molecule has 5 heteroatoms. The smallest absolute Gasteiger partial charge is 0.255 e. The van der Waals surface area contributed by atoms with Crippen LogP contribution in [0.3, 0.4) is 0 Å². The van der Waals surface area contributed by atoms with E-state index in [1.807, 2.05) is 13.8 Å². The maximum atomic E-state index is 10.3. The van der Waals surface area contributed by atoms with Gasteiger partial charge in [-0.1, -0.05) is 13.8 Å². The molecule has 0 amide bonds. The minimum atomic E-state index is -3.75. The van der Waals surface area contributed by atoms with E-state index in [2.05, 4.69) is 9.32 Å². The fourth-order valence-electron chi connectivity index (χ4n) is 0.614. The molecule has 10 heavy (non-hydrogen) atoms. The molecular formula is C5H13NO3S. The quantitative estimate of drug-likeness (QED) is 0.658. The Morgan fingerprint density at radius 3 is 1.90 bits per heavy atom. The molecule has 4 nitrogen and oxygen atoms in total. The molecule has 2 N–H and O–H groups in total. The lowest BCUT2D eigenvalue weighted by molar-refractivity contribution is 0.200. The lowest BCUT2D eigenvalue weighted by Gasteiger charge is -2.09. The standard InChI is InChI=1S/C5H13NO3S/c1-3-5(4-2)9-10(6,7)8/h5H,3-4H2,1-2H3,(H2,6,7,8). The van der Waals surface area contributed by atoms with Crippen molar-refractivity contribution >= 4 is 10.3 Å². The van der Waals surface area contributed by atoms with Crippen LogP contribution in [-0.4, -0.2) is 14.5 Å². The van der Waals surface area contributed by atoms with Gasteiger partial charge >= 0.3 is 10.3 Å². The number of nitrogens with two attached hydrogens (primary N) is 1. The molecule has 0 unspecified atom stereocenters. The molecule has 0 aromatic heterocycles. The Bertz CT molecular complexity index is 171. The molecule has 0 fully saturated rings. The molecule has 0 aliphatic rings. The molecule has 0 saturated carbocycles. The topological polar surface area (TPSA) is 69.4 Å². The Kier molecular flexibility index (Phi) is 3.85. The van der Waals surface area contributed by atoms with Gasteiger partial charge in [-0.2, -0.15) is 8.42 Å². The molecule has 0 atom stereocenters. The summed E-state index contributed by atoms with van der Waals surface area (Å²) in [7, 11) is -3.75. The second-order valence-electron chi connectivity index (χ2n) is 2.03. The van der Waals surface area contributed by atoms with Gasteiger partial charge < -0.3 is 0 Å². The molecule has 0 bridgehead atoms. The second kappa shape index (κ2) is 3.90. The lowest BCUT2D eigenvalue weighted by Crippen LogP contribution is -2.22. The Morgan fingerprint density at radius 1 is 1.40 bits per heavy atom. The van der Waals surface area contributed by atoms with Crippen molar-refractivity contribution in [3.63, 3.8) is 0 Å². The van der Waals surface area contributed by atoms with Crippen LogP contribution in [0.2, 0.25) is 0 Å². The molecule has 0 aromatic rings. The molecule has 0 aliphatic carbocycles. The van der Waals surface area contributed by atoms with E-state index in [9.17, 15) is 8.42 Å². The first kappa shape index (κ1) is 9.87. The van der Waals surface area contributed by atoms with Gasteiger partial charge in [0.25, 0.3) is 0 Å². The van der Waals surface area contributed by atoms with Gasteiger partial charge in [0, 0.05) is 0 Å². The largest absolute Gasteiger partial charge is 0.333 e. The van der Waals surface area contributed by atoms with Crippen LogP contribution in [-0.2, 0) is 14.5 Å². The van der Waals surface area contributed by atoms with Crippen molar-refractivity contribution in [1.29, 1.82) is 0 Å². The van der Waals surface area contributed by atoms with Crippen LogP contribution in [0.1, 0.15) is 26.7 Å². The van der Waals surface area contributed by atoms with Crippen molar-refractivity contribution in [1.82, 2.24) is 0 Å². The molecule has 0 radical (unpaired) electrons. The third-order valence-electron chi connectivity index (χ3n) is 1.18. The van der Waals surface area contributed by atoms with Crippen LogP contribution in [0.4, 0.5) is 0 Å². The highest BCUT2D eigenvalue weighted by atomic mass is 32.2. The average molecular weight is 167 g/mol. The Labute approximate surface area is 61.6 Å². The van der Waals surface area contributed by atoms with Crippen molar-refractivity contribution in [2.24, 2.45) is 5.14 Å². The van der Waals surface area contributed by atoms with E-state index >= 15 is 0 Å². The number of hydrogen-bond donors (Lipinski definition) is 1. The molecule has 62 valence electrons. The fraction of sp³-hybridized carbons (Fsp3) is 1.00. The molecule has 0 saturated heterocycles. The summed E-state index contributed by atoms with van der Waals surface area (Å²) >= 11 is 0. The van der Waals surface area contributed by atoms with Gasteiger partial charge in [0.1, 0.15) is 0 Å². The van der Waals surface area contributed by atoms with Crippen LogP contribution >= 0.6 is 0 Å². The van der Waals surface area contributed by atoms with Gasteiger partial charge in [-0.05, 0) is 12.8 Å². The molecular weight excluding hydrogens is 154 g/mol. The summed E-state index contributed by atoms with van der Waals surface area (Å²) in [6.07, 6.45) is 1.05. The van der Waals surface area contributed by atoms with Gasteiger partial charge in [-0.25, -0.2) is 5.14 Å². The normalized spacial score (nSPS) is 12.4. The van der Waals surface area contributed by atoms with E-state index in [1.54, 1.807) is 0 Å². The molecule has 0 rings (SSSR count). The zero-order valence-corrected chi connectivity index (χ0v) is 7.02. The summed E-state index contributed by atoms with van der Waals surface area (Å²) in [4.78, 5) is 0. The zero-order chi connectivity index (χ0) is 8.20. The first-order chi connectivity index (χ1) is 4.49. The summed E-state index contributed by atoms with van der Waals surface area (Å²) in [5.41, 5.74) is 0. The maximum absolute atomic E-state index is 10.3. The molecule has 0 spiro atoms. The third kappa shape index (κ3) is 4.72. The lowest BCUT2D eigenvalue weighted by atomic mass is 10.2. The van der Waals surface area contributed by atoms with E-state index in [1.165, 1.54) is 0 Å². The highest BCUT2D eigenvalue weighted by molar-refractivity contribution is 7.84. The number of hydrogen-bond acceptors (Lipinski definition) is 3. The van der Waals surface area contributed by atoms with Crippen molar-refractivity contribution in [2.75, 3.05) is 0 Å². The summed E-state index contributed by atoms with van der Waals surface area (Å²) < 4.78 is 25.1. The van der Waals surface area contributed by atoms with Gasteiger partial charge in [-0.15, -0.1) is 0 Å². The minimum absolute atomic E-state index is 0.269. The summed E-state index contributed by atoms with van der Waals surface area (Å²) in [5.74, 6) is 0. The predicted octanol–water partition coefficient (Wildman–Crippen LogP) is 0.395. The van der Waals surface area contributed by atoms with Gasteiger partial charge in [0.05, 0.1) is 6.10 Å². The van der Waals surface area contributed by atoms with Crippen LogP contribution < -0.4 is 5.14 Å². The van der Waals surface area contributed by atoms with E-state index in [4.69, 9.17) is 0 Å². The van der Waals surface area contributed by atoms with E-state index in [-0.39, 0.29) is 6.10 Å². The van der Waals surface area contributed by atoms with Crippen LogP contribution in [0.25, 0.3) is 0 Å². The van der Waals surface area contributed by atoms with Crippen molar-refractivity contribution in [2.45, 2.75) is 32.8 Å². The zero-order valence-electron chi connectivity index (χ0n) is 6.20. The maximum Gasteiger partial charge on any atom is 0.333 e. The van der Waals surface area contributed by atoms with Crippen LogP contribution in [0.5, 0.6) is 0 Å². The average Bonchev–Trinajstić information content (AvgIpc) is 1.81. The first-order valence-corrected chi connectivity index (χ1v) is 4.67. The molecule has 0 aromatic carbocycles. The third-order valence-corrected chi connectivity index (χ3v) is 1.72. The minimum Gasteiger partial charge on any atom is -0.255 e. The van der Waals surface area contributed by atoms with E-state index in [0.29, 0.717) is 12.8 Å². The fourth-order valence-corrected chi connectivity index (χ4v) is 1.27. The number of rotatable bonds is 4. The molecule has 0 heterocycles. The summed E-state index contributed by atoms with van der Waals surface area (Å²) in [6, 6.07) is 0. The molecule has 0 aliphatic heterocycles. The monoisotopic (exact) mass is 167 g/mol. The highest BCUT2D eigenvalue weighted by Gasteiger charge is 2.10. The van der Waals surface area contributed by atoms with Crippen LogP contribution in [0.15, 0.2) is 0 Å². The van der Waals surface area contributed by atoms with Crippen molar-refractivity contribution in [3.05, 3.63) is 0 Å². The summed E-state index contributed by atoms with van der Waals surface area (Å²) in [5, 5.41) is 4.64. The van der Waals surface area contributed by atoms with Crippen molar-refractivity contribution in [3.8, 4) is 0 Å². The van der Waals surface area contributed by atoms with E-state index in [0.717, 1.165) is 0 Å². The van der Waals surface area contributed by atoms with Gasteiger partial charge in [0.15, 0.2) is 0 Å². The van der Waals surface area contributed by atoms with Crippen LogP contribution in [0, 0.1) is 0 Å². The van der Waals surface area contributed by atoms with Gasteiger partial charge in [-0.3, -0.25) is 4.18 Å². The Hall–Kier alpha value is -0.130. The van der Waals surface area contributed by atoms with Gasteiger partial charge in [0.2, 0.25) is 0 Å². The SMILES string of the molecule is CCC(CC)OS(N)(=O)=O. The Balaban J connectivity index is 3.87. The van der Waals surface area contributed by atoms with E-state index < -0.39 is 10.3 Å². The second-order valence-corrected chi connectivity index (χ2v) is 3.21. The van der Waals surface area contributed by atoms with Crippen molar-refractivity contribution < 1.29 is 12.6 Å².